The average Bonchev–Trinajstić information content (AvgIpc) is 3.23. The largest absolute Gasteiger partial charge is 0.493 e. The number of hydrazone groups is 1. The van der Waals surface area contributed by atoms with Crippen molar-refractivity contribution in [2.45, 2.75) is 26.3 Å². The van der Waals surface area contributed by atoms with Crippen molar-refractivity contribution in [1.82, 2.24) is 15.0 Å². The normalized spacial score (nSPS) is 16.1. The summed E-state index contributed by atoms with van der Waals surface area (Å²) >= 11 is 0. The van der Waals surface area contributed by atoms with E-state index in [1.165, 1.54) is 0 Å². The Bertz CT molecular complexity index is 1130. The van der Waals surface area contributed by atoms with Gasteiger partial charge < -0.3 is 9.47 Å². The molecule has 4 rings (SSSR count). The van der Waals surface area contributed by atoms with Gasteiger partial charge in [0, 0.05) is 30.3 Å². The molecular weight excluding hydrogens is 380 g/mol. The first kappa shape index (κ1) is 19.8. The summed E-state index contributed by atoms with van der Waals surface area (Å²) in [6.45, 7) is 3.77. The highest BCUT2D eigenvalue weighted by molar-refractivity contribution is 6.03. The smallest absolute Gasteiger partial charge is 0.245 e. The van der Waals surface area contributed by atoms with Gasteiger partial charge >= 0.3 is 0 Å². The van der Waals surface area contributed by atoms with Crippen molar-refractivity contribution >= 4 is 22.7 Å². The number of fused-ring (bicyclic) bond motifs is 1. The Labute approximate surface area is 175 Å². The van der Waals surface area contributed by atoms with Crippen LogP contribution in [0.1, 0.15) is 37.4 Å². The van der Waals surface area contributed by atoms with Gasteiger partial charge in [0.15, 0.2) is 11.5 Å². The molecule has 1 aromatic heterocycles. The average molecular weight is 404 g/mol. The molecule has 1 aliphatic heterocycles. The minimum atomic E-state index is -0.200. The molecule has 1 amide bonds. The van der Waals surface area contributed by atoms with Crippen molar-refractivity contribution in [3.63, 3.8) is 0 Å². The fourth-order valence-corrected chi connectivity index (χ4v) is 3.62. The summed E-state index contributed by atoms with van der Waals surface area (Å²) in [5.74, 6) is 1.10. The molecule has 0 unspecified atom stereocenters. The molecule has 7 heteroatoms. The summed E-state index contributed by atoms with van der Waals surface area (Å²) in [5, 5.41) is 6.32. The van der Waals surface area contributed by atoms with Crippen molar-refractivity contribution < 1.29 is 14.3 Å². The molecule has 0 spiro atoms. The standard InChI is InChI=1S/C23H24N4O3/c1-14(2)23(28)27-20(16-5-7-17-19(11-16)25-10-9-24-17)13-18(26-27)15-6-8-21(29-3)22(12-15)30-4/h5-12,14,20H,13H2,1-4H3/t20-/m1/s1. The molecule has 0 saturated heterocycles. The third-order valence-electron chi connectivity index (χ3n) is 5.22. The number of ether oxygens (including phenoxy) is 2. The van der Waals surface area contributed by atoms with Crippen LogP contribution in [0.25, 0.3) is 11.0 Å². The maximum absolute atomic E-state index is 12.9. The lowest BCUT2D eigenvalue weighted by Gasteiger charge is -2.23. The fourth-order valence-electron chi connectivity index (χ4n) is 3.62. The zero-order valence-corrected chi connectivity index (χ0v) is 17.5. The topological polar surface area (TPSA) is 76.9 Å². The van der Waals surface area contributed by atoms with Gasteiger partial charge in [0.05, 0.1) is 37.0 Å². The number of nitrogens with zero attached hydrogens (tertiary/aromatic N) is 4. The second kappa shape index (κ2) is 8.10. The maximum Gasteiger partial charge on any atom is 0.245 e. The molecule has 0 saturated carbocycles. The van der Waals surface area contributed by atoms with Gasteiger partial charge in [0.2, 0.25) is 5.91 Å². The summed E-state index contributed by atoms with van der Waals surface area (Å²) in [5.41, 5.74) is 4.33. The predicted molar refractivity (Wildman–Crippen MR) is 115 cm³/mol. The second-order valence-electron chi connectivity index (χ2n) is 7.48. The van der Waals surface area contributed by atoms with Crippen LogP contribution in [0.3, 0.4) is 0 Å². The van der Waals surface area contributed by atoms with Gasteiger partial charge in [-0.2, -0.15) is 5.10 Å². The molecule has 0 radical (unpaired) electrons. The Morgan fingerprint density at radius 2 is 1.73 bits per heavy atom. The Balaban J connectivity index is 1.73. The molecule has 2 heterocycles. The van der Waals surface area contributed by atoms with E-state index in [0.29, 0.717) is 17.9 Å². The number of benzene rings is 2. The number of carbonyl (C=O) groups is 1. The van der Waals surface area contributed by atoms with E-state index in [4.69, 9.17) is 14.6 Å². The van der Waals surface area contributed by atoms with Crippen molar-refractivity contribution in [2.24, 2.45) is 11.0 Å². The molecule has 1 atom stereocenters. The van der Waals surface area contributed by atoms with Crippen LogP contribution in [0, 0.1) is 5.92 Å². The lowest BCUT2D eigenvalue weighted by atomic mass is 9.97. The van der Waals surface area contributed by atoms with E-state index >= 15 is 0 Å². The number of hydrogen-bond donors (Lipinski definition) is 0. The van der Waals surface area contributed by atoms with Gasteiger partial charge in [-0.25, -0.2) is 5.01 Å². The first-order valence-electron chi connectivity index (χ1n) is 9.85. The Kier molecular flexibility index (Phi) is 5.35. The lowest BCUT2D eigenvalue weighted by molar-refractivity contribution is -0.136. The molecule has 3 aromatic rings. The highest BCUT2D eigenvalue weighted by Gasteiger charge is 2.34. The van der Waals surface area contributed by atoms with E-state index < -0.39 is 0 Å². The maximum atomic E-state index is 12.9. The molecule has 30 heavy (non-hydrogen) atoms. The molecule has 0 bridgehead atoms. The van der Waals surface area contributed by atoms with Crippen molar-refractivity contribution in [3.05, 3.63) is 59.9 Å². The van der Waals surface area contributed by atoms with E-state index in [2.05, 4.69) is 9.97 Å². The minimum Gasteiger partial charge on any atom is -0.493 e. The molecule has 1 aliphatic rings. The monoisotopic (exact) mass is 404 g/mol. The predicted octanol–water partition coefficient (Wildman–Crippen LogP) is 3.98. The second-order valence-corrected chi connectivity index (χ2v) is 7.48. The number of hydrogen-bond acceptors (Lipinski definition) is 6. The Hall–Kier alpha value is -3.48. The van der Waals surface area contributed by atoms with Crippen LogP contribution in [0.2, 0.25) is 0 Å². The number of methoxy groups -OCH3 is 2. The van der Waals surface area contributed by atoms with Crippen LogP contribution in [0.4, 0.5) is 0 Å². The van der Waals surface area contributed by atoms with Crippen LogP contribution in [-0.2, 0) is 4.79 Å². The summed E-state index contributed by atoms with van der Waals surface area (Å²) in [4.78, 5) is 21.7. The zero-order valence-electron chi connectivity index (χ0n) is 17.5. The summed E-state index contributed by atoms with van der Waals surface area (Å²) in [6.07, 6.45) is 3.94. The van der Waals surface area contributed by atoms with Crippen LogP contribution < -0.4 is 9.47 Å². The van der Waals surface area contributed by atoms with E-state index in [9.17, 15) is 4.79 Å². The first-order valence-corrected chi connectivity index (χ1v) is 9.85. The number of rotatable bonds is 5. The van der Waals surface area contributed by atoms with E-state index in [1.54, 1.807) is 31.6 Å². The number of amides is 1. The molecule has 0 N–H and O–H groups in total. The van der Waals surface area contributed by atoms with Gasteiger partial charge in [-0.3, -0.25) is 14.8 Å². The van der Waals surface area contributed by atoms with E-state index in [-0.39, 0.29) is 17.9 Å². The van der Waals surface area contributed by atoms with Crippen molar-refractivity contribution in [2.75, 3.05) is 14.2 Å². The van der Waals surface area contributed by atoms with Gasteiger partial charge in [-0.15, -0.1) is 0 Å². The van der Waals surface area contributed by atoms with Gasteiger partial charge in [-0.1, -0.05) is 19.9 Å². The first-order chi connectivity index (χ1) is 14.5. The molecule has 154 valence electrons. The van der Waals surface area contributed by atoms with Crippen LogP contribution >= 0.6 is 0 Å². The summed E-state index contributed by atoms with van der Waals surface area (Å²) in [6, 6.07) is 11.4. The van der Waals surface area contributed by atoms with Gasteiger partial charge in [0.25, 0.3) is 0 Å². The minimum absolute atomic E-state index is 0.0188. The summed E-state index contributed by atoms with van der Waals surface area (Å²) < 4.78 is 10.8. The van der Waals surface area contributed by atoms with Crippen LogP contribution in [0.15, 0.2) is 53.9 Å². The molecular formula is C23H24N4O3. The SMILES string of the molecule is COc1ccc(C2=NN(C(=O)C(C)C)[C@@H](c3ccc4nccnc4c3)C2)cc1OC. The highest BCUT2D eigenvalue weighted by Crippen LogP contribution is 2.36. The van der Waals surface area contributed by atoms with Gasteiger partial charge in [-0.05, 0) is 35.9 Å². The quantitative estimate of drug-likeness (QED) is 0.643. The van der Waals surface area contributed by atoms with Crippen LogP contribution in [0.5, 0.6) is 11.5 Å². The highest BCUT2D eigenvalue weighted by atomic mass is 16.5. The van der Waals surface area contributed by atoms with Crippen LogP contribution in [-0.4, -0.2) is 40.8 Å². The van der Waals surface area contributed by atoms with Crippen molar-refractivity contribution in [1.29, 1.82) is 0 Å². The van der Waals surface area contributed by atoms with E-state index in [1.807, 2.05) is 50.2 Å². The lowest BCUT2D eigenvalue weighted by Crippen LogP contribution is -2.30. The van der Waals surface area contributed by atoms with Crippen molar-refractivity contribution in [3.8, 4) is 11.5 Å². The van der Waals surface area contributed by atoms with E-state index in [0.717, 1.165) is 27.9 Å². The zero-order chi connectivity index (χ0) is 21.3. The molecule has 2 aromatic carbocycles. The Morgan fingerprint density at radius 1 is 1.00 bits per heavy atom. The molecule has 0 aliphatic carbocycles. The third-order valence-corrected chi connectivity index (χ3v) is 5.22. The Morgan fingerprint density at radius 3 is 2.43 bits per heavy atom. The third kappa shape index (κ3) is 3.58. The van der Waals surface area contributed by atoms with Gasteiger partial charge in [0.1, 0.15) is 0 Å². The molecule has 7 nitrogen and oxygen atoms in total. The number of carbonyl (C=O) groups excluding carboxylic acids is 1. The number of aromatic nitrogens is 2. The molecule has 0 fully saturated rings. The fraction of sp³-hybridized carbons (Fsp3) is 0.304. The summed E-state index contributed by atoms with van der Waals surface area (Å²) in [7, 11) is 3.21.